The van der Waals surface area contributed by atoms with Crippen LogP contribution in [0.3, 0.4) is 0 Å². The van der Waals surface area contributed by atoms with E-state index in [-0.39, 0.29) is 73.3 Å². The summed E-state index contributed by atoms with van der Waals surface area (Å²) < 4.78 is 12.3. The molecule has 33 heavy (non-hydrogen) atoms. The number of ether oxygens (including phenoxy) is 2. The molecule has 4 heterocycles. The van der Waals surface area contributed by atoms with Gasteiger partial charge in [-0.1, -0.05) is 6.07 Å². The summed E-state index contributed by atoms with van der Waals surface area (Å²) in [6, 6.07) is 5.26. The highest BCUT2D eigenvalue weighted by molar-refractivity contribution is 7.09. The van der Waals surface area contributed by atoms with Gasteiger partial charge in [0.1, 0.15) is 17.0 Å². The van der Waals surface area contributed by atoms with Gasteiger partial charge >= 0.3 is 5.97 Å². The number of nitrogens with one attached hydrogen (secondary N) is 1. The van der Waals surface area contributed by atoms with Crippen molar-refractivity contribution in [2.45, 2.75) is 32.2 Å². The van der Waals surface area contributed by atoms with Gasteiger partial charge in [0.05, 0.1) is 13.7 Å². The van der Waals surface area contributed by atoms with Crippen LogP contribution in [0.2, 0.25) is 0 Å². The van der Waals surface area contributed by atoms with Crippen LogP contribution >= 0.6 is 11.3 Å². The number of thiophene rings is 1. The highest BCUT2D eigenvalue weighted by atomic mass is 32.1. The largest absolute Gasteiger partial charge is 0.492 e. The van der Waals surface area contributed by atoms with Crippen LogP contribution in [-0.4, -0.2) is 59.8 Å². The number of fused-ring (bicyclic) bond motifs is 1. The molecular formula is C22H24N4O6S. The van der Waals surface area contributed by atoms with Crippen LogP contribution in [0.15, 0.2) is 33.5 Å². The van der Waals surface area contributed by atoms with Gasteiger partial charge in [-0.15, -0.1) is 11.3 Å². The Balaban J connectivity index is 1.57. The van der Waals surface area contributed by atoms with Crippen molar-refractivity contribution < 1.29 is 23.9 Å². The molecule has 1 N–H and O–H groups in total. The maximum Gasteiger partial charge on any atom is 0.343 e. The quantitative estimate of drug-likeness (QED) is 0.626. The van der Waals surface area contributed by atoms with Gasteiger partial charge in [-0.2, -0.15) is 5.10 Å². The molecule has 0 radical (unpaired) electrons. The van der Waals surface area contributed by atoms with E-state index in [9.17, 15) is 19.2 Å². The zero-order valence-corrected chi connectivity index (χ0v) is 19.0. The van der Waals surface area contributed by atoms with E-state index in [1.54, 1.807) is 16.2 Å². The normalized spacial score (nSPS) is 15.7. The first-order valence-electron chi connectivity index (χ1n) is 10.6. The van der Waals surface area contributed by atoms with E-state index in [1.165, 1.54) is 17.7 Å². The van der Waals surface area contributed by atoms with Crippen LogP contribution in [0.4, 0.5) is 0 Å². The third-order valence-electron chi connectivity index (χ3n) is 5.61. The lowest BCUT2D eigenvalue weighted by Crippen LogP contribution is -2.41. The molecule has 0 aliphatic carbocycles. The number of pyridine rings is 1. The number of carbonyl (C=O) groups is 3. The van der Waals surface area contributed by atoms with Crippen molar-refractivity contribution in [2.75, 3.05) is 26.8 Å². The van der Waals surface area contributed by atoms with Gasteiger partial charge in [-0.3, -0.25) is 14.4 Å². The zero-order valence-electron chi connectivity index (χ0n) is 18.2. The van der Waals surface area contributed by atoms with Crippen LogP contribution in [0.1, 0.15) is 33.8 Å². The Hall–Kier alpha value is -3.47. The number of nitrogens with zero attached hydrogens (tertiary/aromatic N) is 3. The van der Waals surface area contributed by atoms with E-state index in [0.29, 0.717) is 18.7 Å². The predicted octanol–water partition coefficient (Wildman–Crippen LogP) is 0.969. The van der Waals surface area contributed by atoms with Gasteiger partial charge in [0, 0.05) is 62.0 Å². The van der Waals surface area contributed by atoms with Crippen molar-refractivity contribution in [1.82, 2.24) is 14.9 Å². The number of hydrogen-bond acceptors (Lipinski definition) is 8. The molecule has 174 valence electrons. The average molecular weight is 473 g/mol. The number of methoxy groups -OCH3 is 1. The summed E-state index contributed by atoms with van der Waals surface area (Å²) in [6.07, 6.45) is 1.39. The number of rotatable bonds is 6. The molecule has 2 amide bonds. The molecule has 0 saturated carbocycles. The molecular weight excluding hydrogens is 448 g/mol. The predicted molar refractivity (Wildman–Crippen MR) is 121 cm³/mol. The SMILES string of the molecule is COC(=O)c1c(OCCc2cccs2)cc(=O)n2c1CCN(C(=O)C1=NNC(=O)CC1)CC2. The third kappa shape index (κ3) is 4.98. The molecule has 0 atom stereocenters. The third-order valence-corrected chi connectivity index (χ3v) is 6.54. The molecule has 0 fully saturated rings. The van der Waals surface area contributed by atoms with Gasteiger partial charge in [-0.05, 0) is 11.4 Å². The maximum absolute atomic E-state index is 12.9. The zero-order chi connectivity index (χ0) is 23.4. The van der Waals surface area contributed by atoms with Crippen molar-refractivity contribution in [3.8, 4) is 5.75 Å². The minimum Gasteiger partial charge on any atom is -0.492 e. The smallest absolute Gasteiger partial charge is 0.343 e. The van der Waals surface area contributed by atoms with Crippen molar-refractivity contribution >= 4 is 34.8 Å². The van der Waals surface area contributed by atoms with Gasteiger partial charge in [0.2, 0.25) is 5.91 Å². The molecule has 2 aliphatic rings. The second-order valence-corrected chi connectivity index (χ2v) is 8.66. The summed E-state index contributed by atoms with van der Waals surface area (Å²) in [5.41, 5.74) is 2.99. The molecule has 2 aromatic heterocycles. The van der Waals surface area contributed by atoms with Crippen LogP contribution in [-0.2, 0) is 33.7 Å². The first-order valence-corrected chi connectivity index (χ1v) is 11.5. The monoisotopic (exact) mass is 472 g/mol. The highest BCUT2D eigenvalue weighted by Crippen LogP contribution is 2.25. The van der Waals surface area contributed by atoms with Crippen molar-refractivity contribution in [3.63, 3.8) is 0 Å². The second kappa shape index (κ2) is 9.99. The standard InChI is InChI=1S/C22H24N4O6S/c1-31-22(30)20-16-6-8-25(21(29)15-4-5-18(27)24-23-15)9-10-26(16)19(28)13-17(20)32-11-7-14-3-2-12-33-14/h2-3,12-13H,4-11H2,1H3,(H,24,27). The molecule has 0 aromatic carbocycles. The van der Waals surface area contributed by atoms with Crippen molar-refractivity contribution in [1.29, 1.82) is 0 Å². The van der Waals surface area contributed by atoms with Crippen LogP contribution in [0.5, 0.6) is 5.75 Å². The topological polar surface area (TPSA) is 119 Å². The summed E-state index contributed by atoms with van der Waals surface area (Å²) in [4.78, 5) is 52.4. The Labute approximate surface area is 193 Å². The fourth-order valence-electron chi connectivity index (χ4n) is 3.92. The Morgan fingerprint density at radius 3 is 2.73 bits per heavy atom. The first kappa shape index (κ1) is 22.7. The number of amides is 2. The van der Waals surface area contributed by atoms with E-state index in [2.05, 4.69) is 10.5 Å². The number of esters is 1. The average Bonchev–Trinajstić information content (AvgIpc) is 3.23. The van der Waals surface area contributed by atoms with Crippen molar-refractivity contribution in [3.05, 3.63) is 50.1 Å². The first-order chi connectivity index (χ1) is 16.0. The Kier molecular flexibility index (Phi) is 6.87. The number of hydrogen-bond donors (Lipinski definition) is 1. The molecule has 11 heteroatoms. The van der Waals surface area contributed by atoms with Crippen molar-refractivity contribution in [2.24, 2.45) is 5.10 Å². The van der Waals surface area contributed by atoms with E-state index in [1.807, 2.05) is 17.5 Å². The van der Waals surface area contributed by atoms with Gasteiger partial charge < -0.3 is 18.9 Å². The molecule has 0 bridgehead atoms. The minimum absolute atomic E-state index is 0.189. The Morgan fingerprint density at radius 1 is 1.18 bits per heavy atom. The molecule has 0 spiro atoms. The van der Waals surface area contributed by atoms with E-state index in [0.717, 1.165) is 4.88 Å². The molecule has 10 nitrogen and oxygen atoms in total. The number of hydrazone groups is 1. The molecule has 2 aromatic rings. The summed E-state index contributed by atoms with van der Waals surface area (Å²) in [5, 5.41) is 5.85. The molecule has 2 aliphatic heterocycles. The lowest BCUT2D eigenvalue weighted by molar-refractivity contribution is -0.124. The van der Waals surface area contributed by atoms with E-state index >= 15 is 0 Å². The van der Waals surface area contributed by atoms with Gasteiger partial charge in [-0.25, -0.2) is 10.2 Å². The fourth-order valence-corrected chi connectivity index (χ4v) is 4.61. The maximum atomic E-state index is 12.9. The minimum atomic E-state index is -0.594. The van der Waals surface area contributed by atoms with Crippen LogP contribution in [0.25, 0.3) is 0 Å². The fraction of sp³-hybridized carbons (Fsp3) is 0.409. The van der Waals surface area contributed by atoms with Crippen LogP contribution in [0, 0.1) is 0 Å². The van der Waals surface area contributed by atoms with Gasteiger partial charge in [0.25, 0.3) is 11.5 Å². The molecule has 0 saturated heterocycles. The Bertz CT molecular complexity index is 1150. The Morgan fingerprint density at radius 2 is 2.03 bits per heavy atom. The molecule has 0 unspecified atom stereocenters. The summed E-state index contributed by atoms with van der Waals surface area (Å²) in [6.45, 7) is 1.09. The second-order valence-electron chi connectivity index (χ2n) is 7.63. The number of carbonyl (C=O) groups excluding carboxylic acids is 3. The van der Waals surface area contributed by atoms with Crippen LogP contribution < -0.4 is 15.7 Å². The van der Waals surface area contributed by atoms with E-state index < -0.39 is 5.97 Å². The lowest BCUT2D eigenvalue weighted by Gasteiger charge is -2.22. The summed E-state index contributed by atoms with van der Waals surface area (Å²) >= 11 is 1.61. The van der Waals surface area contributed by atoms with Gasteiger partial charge in [0.15, 0.2) is 0 Å². The summed E-state index contributed by atoms with van der Waals surface area (Å²) in [5.74, 6) is -0.920. The summed E-state index contributed by atoms with van der Waals surface area (Å²) in [7, 11) is 1.28. The molecule has 4 rings (SSSR count). The lowest BCUT2D eigenvalue weighted by atomic mass is 10.1. The number of aromatic nitrogens is 1. The highest BCUT2D eigenvalue weighted by Gasteiger charge is 2.29. The van der Waals surface area contributed by atoms with E-state index in [4.69, 9.17) is 9.47 Å².